The van der Waals surface area contributed by atoms with Crippen molar-refractivity contribution in [2.45, 2.75) is 19.4 Å². The molecule has 4 nitrogen and oxygen atoms in total. The molecule has 4 heteroatoms. The molecule has 1 heterocycles. The van der Waals surface area contributed by atoms with E-state index in [1.165, 1.54) is 5.56 Å². The number of aliphatic hydroxyl groups excluding tert-OH is 1. The van der Waals surface area contributed by atoms with E-state index >= 15 is 0 Å². The fraction of sp³-hybridized carbons (Fsp3) is 0.417. The van der Waals surface area contributed by atoms with E-state index in [9.17, 15) is 4.79 Å². The van der Waals surface area contributed by atoms with Crippen LogP contribution in [-0.2, 0) is 17.8 Å². The highest BCUT2D eigenvalue weighted by Crippen LogP contribution is 2.28. The lowest BCUT2D eigenvalue weighted by atomic mass is 10.1. The first-order valence-electron chi connectivity index (χ1n) is 5.40. The van der Waals surface area contributed by atoms with Crippen LogP contribution in [0.2, 0.25) is 0 Å². The fourth-order valence-electron chi connectivity index (χ4n) is 2.08. The second-order valence-corrected chi connectivity index (χ2v) is 4.00. The smallest absolute Gasteiger partial charge is 0.305 e. The lowest BCUT2D eigenvalue weighted by Gasteiger charge is -2.18. The van der Waals surface area contributed by atoms with E-state index < -0.39 is 5.97 Å². The van der Waals surface area contributed by atoms with Crippen LogP contribution in [-0.4, -0.2) is 29.3 Å². The quantitative estimate of drug-likeness (QED) is 0.796. The van der Waals surface area contributed by atoms with Crippen LogP contribution in [0.5, 0.6) is 0 Å². The standard InChI is InChI=1S/C12H15NO3/c14-8-9-1-2-11-10(7-9)3-5-13(11)6-4-12(15)16/h1-2,7,14H,3-6,8H2,(H,15,16). The largest absolute Gasteiger partial charge is 0.481 e. The zero-order valence-corrected chi connectivity index (χ0v) is 9.02. The Labute approximate surface area is 94.1 Å². The van der Waals surface area contributed by atoms with Crippen molar-refractivity contribution >= 4 is 11.7 Å². The van der Waals surface area contributed by atoms with Crippen molar-refractivity contribution in [1.82, 2.24) is 0 Å². The highest BCUT2D eigenvalue weighted by Gasteiger charge is 2.19. The van der Waals surface area contributed by atoms with E-state index in [2.05, 4.69) is 4.90 Å². The molecule has 1 aromatic rings. The first kappa shape index (κ1) is 11.0. The van der Waals surface area contributed by atoms with Crippen molar-refractivity contribution in [3.8, 4) is 0 Å². The molecular weight excluding hydrogens is 206 g/mol. The number of carbonyl (C=O) groups is 1. The summed E-state index contributed by atoms with van der Waals surface area (Å²) in [6, 6.07) is 5.85. The van der Waals surface area contributed by atoms with Crippen LogP contribution in [0.3, 0.4) is 0 Å². The number of aliphatic hydroxyl groups is 1. The number of benzene rings is 1. The topological polar surface area (TPSA) is 60.8 Å². The molecule has 0 aliphatic carbocycles. The zero-order chi connectivity index (χ0) is 11.5. The molecule has 1 aromatic carbocycles. The third-order valence-corrected chi connectivity index (χ3v) is 2.91. The first-order valence-corrected chi connectivity index (χ1v) is 5.40. The Hall–Kier alpha value is -1.55. The molecule has 1 aliphatic heterocycles. The second kappa shape index (κ2) is 4.53. The SMILES string of the molecule is O=C(O)CCN1CCc2cc(CO)ccc21. The van der Waals surface area contributed by atoms with Gasteiger partial charge in [0.1, 0.15) is 0 Å². The molecule has 0 fully saturated rings. The van der Waals surface area contributed by atoms with Crippen LogP contribution < -0.4 is 4.90 Å². The van der Waals surface area contributed by atoms with Crippen molar-refractivity contribution in [2.75, 3.05) is 18.0 Å². The number of hydrogen-bond acceptors (Lipinski definition) is 3. The van der Waals surface area contributed by atoms with Gasteiger partial charge in [0.2, 0.25) is 0 Å². The van der Waals surface area contributed by atoms with Gasteiger partial charge in [0.05, 0.1) is 13.0 Å². The molecule has 1 aliphatic rings. The van der Waals surface area contributed by atoms with Gasteiger partial charge < -0.3 is 15.1 Å². The number of carboxylic acid groups (broad SMARTS) is 1. The molecule has 0 saturated carbocycles. The number of rotatable bonds is 4. The number of aliphatic carboxylic acids is 1. The molecule has 0 atom stereocenters. The number of hydrogen-bond donors (Lipinski definition) is 2. The third-order valence-electron chi connectivity index (χ3n) is 2.91. The van der Waals surface area contributed by atoms with Crippen molar-refractivity contribution in [1.29, 1.82) is 0 Å². The Kier molecular flexibility index (Phi) is 3.10. The molecule has 16 heavy (non-hydrogen) atoms. The number of anilines is 1. The molecule has 86 valence electrons. The maximum atomic E-state index is 10.5. The molecule has 0 unspecified atom stereocenters. The van der Waals surface area contributed by atoms with Crippen LogP contribution >= 0.6 is 0 Å². The number of fused-ring (bicyclic) bond motifs is 1. The highest BCUT2D eigenvalue weighted by molar-refractivity contribution is 5.68. The summed E-state index contributed by atoms with van der Waals surface area (Å²) >= 11 is 0. The van der Waals surface area contributed by atoms with Gasteiger partial charge in [-0.25, -0.2) is 0 Å². The summed E-state index contributed by atoms with van der Waals surface area (Å²) in [6.45, 7) is 1.49. The maximum absolute atomic E-state index is 10.5. The van der Waals surface area contributed by atoms with Gasteiger partial charge in [0.15, 0.2) is 0 Å². The van der Waals surface area contributed by atoms with Gasteiger partial charge in [-0.2, -0.15) is 0 Å². The van der Waals surface area contributed by atoms with Crippen molar-refractivity contribution in [3.05, 3.63) is 29.3 Å². The monoisotopic (exact) mass is 221 g/mol. The van der Waals surface area contributed by atoms with E-state index in [-0.39, 0.29) is 13.0 Å². The van der Waals surface area contributed by atoms with E-state index in [0.717, 1.165) is 24.2 Å². The van der Waals surface area contributed by atoms with Gasteiger partial charge in [-0.3, -0.25) is 4.79 Å². The zero-order valence-electron chi connectivity index (χ0n) is 9.02. The summed E-state index contributed by atoms with van der Waals surface area (Å²) in [6.07, 6.45) is 1.10. The summed E-state index contributed by atoms with van der Waals surface area (Å²) in [5.74, 6) is -0.763. The highest BCUT2D eigenvalue weighted by atomic mass is 16.4. The Morgan fingerprint density at radius 3 is 2.94 bits per heavy atom. The van der Waals surface area contributed by atoms with Gasteiger partial charge in [0.25, 0.3) is 0 Å². The average Bonchev–Trinajstić information content (AvgIpc) is 2.68. The van der Waals surface area contributed by atoms with Crippen LogP contribution in [0.15, 0.2) is 18.2 Å². The number of carboxylic acids is 1. The molecule has 2 N–H and O–H groups in total. The maximum Gasteiger partial charge on any atom is 0.305 e. The summed E-state index contributed by atoms with van der Waals surface area (Å²) in [5.41, 5.74) is 3.23. The van der Waals surface area contributed by atoms with Gasteiger partial charge in [0, 0.05) is 18.8 Å². The average molecular weight is 221 g/mol. The van der Waals surface area contributed by atoms with Crippen molar-refractivity contribution in [2.24, 2.45) is 0 Å². The minimum atomic E-state index is -0.763. The molecule has 0 saturated heterocycles. The van der Waals surface area contributed by atoms with E-state index in [1.54, 1.807) is 0 Å². The minimum Gasteiger partial charge on any atom is -0.481 e. The first-order chi connectivity index (χ1) is 7.70. The lowest BCUT2D eigenvalue weighted by Crippen LogP contribution is -2.23. The molecular formula is C12H15NO3. The summed E-state index contributed by atoms with van der Waals surface area (Å²) in [4.78, 5) is 12.6. The Balaban J connectivity index is 2.11. The normalized spacial score (nSPS) is 13.9. The Morgan fingerprint density at radius 1 is 1.44 bits per heavy atom. The second-order valence-electron chi connectivity index (χ2n) is 4.00. The van der Waals surface area contributed by atoms with Crippen molar-refractivity contribution in [3.63, 3.8) is 0 Å². The molecule has 0 amide bonds. The van der Waals surface area contributed by atoms with Gasteiger partial charge in [-0.05, 0) is 23.6 Å². The summed E-state index contributed by atoms with van der Waals surface area (Å²) < 4.78 is 0. The van der Waals surface area contributed by atoms with Gasteiger partial charge in [-0.15, -0.1) is 0 Å². The summed E-state index contributed by atoms with van der Waals surface area (Å²) in [7, 11) is 0. The molecule has 0 spiro atoms. The Bertz CT molecular complexity index is 403. The lowest BCUT2D eigenvalue weighted by molar-refractivity contribution is -0.136. The van der Waals surface area contributed by atoms with E-state index in [0.29, 0.717) is 6.54 Å². The molecule has 0 bridgehead atoms. The van der Waals surface area contributed by atoms with Gasteiger partial charge in [-0.1, -0.05) is 12.1 Å². The van der Waals surface area contributed by atoms with Crippen molar-refractivity contribution < 1.29 is 15.0 Å². The molecule has 2 rings (SSSR count). The predicted molar refractivity (Wildman–Crippen MR) is 60.5 cm³/mol. The molecule has 0 aromatic heterocycles. The molecule has 0 radical (unpaired) electrons. The van der Waals surface area contributed by atoms with Crippen LogP contribution in [0.1, 0.15) is 17.5 Å². The Morgan fingerprint density at radius 2 is 2.25 bits per heavy atom. The predicted octanol–water partition coefficient (Wildman–Crippen LogP) is 1.02. The third kappa shape index (κ3) is 2.17. The van der Waals surface area contributed by atoms with Crippen LogP contribution in [0.25, 0.3) is 0 Å². The van der Waals surface area contributed by atoms with Gasteiger partial charge >= 0.3 is 5.97 Å². The van der Waals surface area contributed by atoms with E-state index in [4.69, 9.17) is 10.2 Å². The van der Waals surface area contributed by atoms with E-state index in [1.807, 2.05) is 18.2 Å². The minimum absolute atomic E-state index is 0.0579. The van der Waals surface area contributed by atoms with Crippen LogP contribution in [0, 0.1) is 0 Å². The fourth-order valence-corrected chi connectivity index (χ4v) is 2.08. The summed E-state index contributed by atoms with van der Waals surface area (Å²) in [5, 5.41) is 17.7. The number of nitrogens with zero attached hydrogens (tertiary/aromatic N) is 1. The van der Waals surface area contributed by atoms with Crippen LogP contribution in [0.4, 0.5) is 5.69 Å².